The van der Waals surface area contributed by atoms with Crippen LogP contribution in [0.15, 0.2) is 53.7 Å². The van der Waals surface area contributed by atoms with Crippen LogP contribution in [-0.2, 0) is 16.1 Å². The number of aromatic nitrogens is 4. The van der Waals surface area contributed by atoms with Crippen LogP contribution in [0.1, 0.15) is 5.56 Å². The van der Waals surface area contributed by atoms with Crippen molar-refractivity contribution in [3.63, 3.8) is 0 Å². The fourth-order valence-electron chi connectivity index (χ4n) is 4.09. The van der Waals surface area contributed by atoms with E-state index < -0.39 is 0 Å². The summed E-state index contributed by atoms with van der Waals surface area (Å²) in [6.45, 7) is 5.38. The number of ether oxygens (including phenoxy) is 1. The predicted octanol–water partition coefficient (Wildman–Crippen LogP) is 3.22. The van der Waals surface area contributed by atoms with Crippen molar-refractivity contribution in [1.82, 2.24) is 30.0 Å². The Balaban J connectivity index is 1.30. The predicted molar refractivity (Wildman–Crippen MR) is 134 cm³/mol. The number of para-hydroxylation sites is 1. The Morgan fingerprint density at radius 1 is 1.12 bits per heavy atom. The van der Waals surface area contributed by atoms with Crippen LogP contribution in [-0.4, -0.2) is 75.7 Å². The maximum absolute atomic E-state index is 12.3. The molecule has 0 unspecified atom stereocenters. The highest BCUT2D eigenvalue weighted by Crippen LogP contribution is 2.28. The van der Waals surface area contributed by atoms with Crippen molar-refractivity contribution in [2.75, 3.05) is 45.1 Å². The summed E-state index contributed by atoms with van der Waals surface area (Å²) in [6.07, 6.45) is 0. The van der Waals surface area contributed by atoms with Gasteiger partial charge in [0.1, 0.15) is 5.52 Å². The topological polar surface area (TPSA) is 85.2 Å². The lowest BCUT2D eigenvalue weighted by atomic mass is 10.2. The molecule has 0 atom stereocenters. The largest absolute Gasteiger partial charge is 0.379 e. The van der Waals surface area contributed by atoms with Crippen LogP contribution in [0.2, 0.25) is 5.02 Å². The van der Waals surface area contributed by atoms with Crippen molar-refractivity contribution >= 4 is 51.3 Å². The minimum Gasteiger partial charge on any atom is -0.379 e. The molecule has 4 aromatic rings. The summed E-state index contributed by atoms with van der Waals surface area (Å²) in [5.41, 5.74) is 3.59. The summed E-state index contributed by atoms with van der Waals surface area (Å²) in [6, 6.07) is 15.9. The molecule has 1 aliphatic heterocycles. The maximum atomic E-state index is 12.3. The molecule has 5 rings (SSSR count). The molecule has 8 nitrogen and oxygen atoms in total. The fourth-order valence-corrected chi connectivity index (χ4v) is 4.91. The Hall–Kier alpha value is -2.72. The van der Waals surface area contributed by atoms with E-state index in [9.17, 15) is 4.79 Å². The van der Waals surface area contributed by atoms with E-state index in [-0.39, 0.29) is 11.7 Å². The van der Waals surface area contributed by atoms with Crippen molar-refractivity contribution in [2.45, 2.75) is 11.7 Å². The van der Waals surface area contributed by atoms with Crippen LogP contribution in [0.5, 0.6) is 0 Å². The Bertz CT molecular complexity index is 1310. The van der Waals surface area contributed by atoms with Crippen molar-refractivity contribution in [1.29, 1.82) is 0 Å². The van der Waals surface area contributed by atoms with Gasteiger partial charge in [0, 0.05) is 43.1 Å². The van der Waals surface area contributed by atoms with Gasteiger partial charge in [0.05, 0.1) is 24.5 Å². The second-order valence-corrected chi connectivity index (χ2v) is 9.47. The number of amides is 1. The molecular formula is C24H25ClN6O2S. The van der Waals surface area contributed by atoms with Gasteiger partial charge < -0.3 is 14.6 Å². The number of rotatable bonds is 8. The van der Waals surface area contributed by atoms with Gasteiger partial charge in [-0.15, -0.1) is 10.2 Å². The van der Waals surface area contributed by atoms with Crippen molar-refractivity contribution in [3.05, 3.63) is 59.1 Å². The molecule has 1 aliphatic rings. The van der Waals surface area contributed by atoms with E-state index in [4.69, 9.17) is 21.3 Å². The monoisotopic (exact) mass is 496 g/mol. The minimum atomic E-state index is -0.0403. The second kappa shape index (κ2) is 10.7. The average Bonchev–Trinajstić information content (AvgIpc) is 3.16. The number of benzene rings is 2. The minimum absolute atomic E-state index is 0.0403. The third-order valence-corrected chi connectivity index (χ3v) is 6.84. The van der Waals surface area contributed by atoms with Crippen LogP contribution >= 0.6 is 23.4 Å². The SMILES string of the molecule is O=C(CSc1nnc2c3ccccc3n(Cc3cccc(Cl)c3)c2n1)NCCN1CCOCC1. The van der Waals surface area contributed by atoms with E-state index in [1.54, 1.807) is 0 Å². The smallest absolute Gasteiger partial charge is 0.230 e. The molecule has 2 aromatic carbocycles. The molecule has 34 heavy (non-hydrogen) atoms. The number of carbonyl (C=O) groups is 1. The number of morpholine rings is 1. The lowest BCUT2D eigenvalue weighted by Gasteiger charge is -2.26. The highest BCUT2D eigenvalue weighted by molar-refractivity contribution is 7.99. The van der Waals surface area contributed by atoms with E-state index >= 15 is 0 Å². The molecule has 1 amide bonds. The maximum Gasteiger partial charge on any atom is 0.230 e. The summed E-state index contributed by atoms with van der Waals surface area (Å²) in [5.74, 6) is 0.201. The normalized spacial score (nSPS) is 14.6. The van der Waals surface area contributed by atoms with Gasteiger partial charge in [-0.05, 0) is 23.8 Å². The van der Waals surface area contributed by atoms with E-state index in [1.807, 2.05) is 42.5 Å². The lowest BCUT2D eigenvalue weighted by molar-refractivity contribution is -0.118. The molecule has 3 heterocycles. The summed E-state index contributed by atoms with van der Waals surface area (Å²) in [5, 5.41) is 13.9. The van der Waals surface area contributed by atoms with Gasteiger partial charge in [-0.25, -0.2) is 4.98 Å². The first kappa shape index (κ1) is 23.0. The van der Waals surface area contributed by atoms with Crippen molar-refractivity contribution < 1.29 is 9.53 Å². The number of hydrogen-bond acceptors (Lipinski definition) is 7. The van der Waals surface area contributed by atoms with Gasteiger partial charge in [-0.2, -0.15) is 0 Å². The molecule has 0 aliphatic carbocycles. The van der Waals surface area contributed by atoms with Crippen molar-refractivity contribution in [2.24, 2.45) is 0 Å². The Morgan fingerprint density at radius 3 is 2.82 bits per heavy atom. The van der Waals surface area contributed by atoms with E-state index in [1.165, 1.54) is 11.8 Å². The molecule has 0 spiro atoms. The zero-order valence-electron chi connectivity index (χ0n) is 18.6. The van der Waals surface area contributed by atoms with Gasteiger partial charge in [-0.1, -0.05) is 53.7 Å². The molecule has 0 radical (unpaired) electrons. The zero-order valence-corrected chi connectivity index (χ0v) is 20.2. The number of nitrogens with zero attached hydrogens (tertiary/aromatic N) is 5. The number of thioether (sulfide) groups is 1. The van der Waals surface area contributed by atoms with Gasteiger partial charge in [0.15, 0.2) is 5.65 Å². The molecule has 1 N–H and O–H groups in total. The third-order valence-electron chi connectivity index (χ3n) is 5.77. The fraction of sp³-hybridized carbons (Fsp3) is 0.333. The van der Waals surface area contributed by atoms with Gasteiger partial charge in [0.25, 0.3) is 0 Å². The lowest BCUT2D eigenvalue weighted by Crippen LogP contribution is -2.41. The summed E-state index contributed by atoms with van der Waals surface area (Å²) in [4.78, 5) is 19.4. The summed E-state index contributed by atoms with van der Waals surface area (Å²) >= 11 is 7.49. The van der Waals surface area contributed by atoms with Crippen LogP contribution < -0.4 is 5.32 Å². The average molecular weight is 497 g/mol. The number of nitrogens with one attached hydrogen (secondary N) is 1. The van der Waals surface area contributed by atoms with Crippen LogP contribution in [0, 0.1) is 0 Å². The summed E-state index contributed by atoms with van der Waals surface area (Å²) in [7, 11) is 0. The first-order valence-electron chi connectivity index (χ1n) is 11.2. The Kier molecular flexibility index (Phi) is 7.24. The van der Waals surface area contributed by atoms with E-state index in [2.05, 4.69) is 31.0 Å². The standard InChI is InChI=1S/C24H25ClN6O2S/c25-18-5-3-4-17(14-18)15-31-20-7-2-1-6-19(20)22-23(31)27-24(29-28-22)34-16-21(32)26-8-9-30-10-12-33-13-11-30/h1-7,14H,8-13,15-16H2,(H,26,32). The van der Waals surface area contributed by atoms with Crippen LogP contribution in [0.3, 0.4) is 0 Å². The second-order valence-electron chi connectivity index (χ2n) is 8.09. The number of hydrogen-bond donors (Lipinski definition) is 1. The molecule has 176 valence electrons. The van der Waals surface area contributed by atoms with Crippen molar-refractivity contribution in [3.8, 4) is 0 Å². The third kappa shape index (κ3) is 5.33. The molecule has 1 fully saturated rings. The number of halogens is 1. The molecular weight excluding hydrogens is 472 g/mol. The van der Waals surface area contributed by atoms with Gasteiger partial charge in [-0.3, -0.25) is 9.69 Å². The van der Waals surface area contributed by atoms with Gasteiger partial charge >= 0.3 is 0 Å². The Morgan fingerprint density at radius 2 is 1.97 bits per heavy atom. The first-order chi connectivity index (χ1) is 16.7. The molecule has 0 bridgehead atoms. The number of carbonyl (C=O) groups excluding carboxylic acids is 1. The Labute approximate surface area is 206 Å². The summed E-state index contributed by atoms with van der Waals surface area (Å²) < 4.78 is 7.47. The molecule has 0 saturated carbocycles. The van der Waals surface area contributed by atoms with E-state index in [0.717, 1.165) is 60.5 Å². The van der Waals surface area contributed by atoms with Crippen LogP contribution in [0.4, 0.5) is 0 Å². The van der Waals surface area contributed by atoms with E-state index in [0.29, 0.717) is 23.3 Å². The molecule has 1 saturated heterocycles. The quantitative estimate of drug-likeness (QED) is 0.375. The molecule has 10 heteroatoms. The highest BCUT2D eigenvalue weighted by atomic mass is 35.5. The van der Waals surface area contributed by atoms with Gasteiger partial charge in [0.2, 0.25) is 11.1 Å². The highest BCUT2D eigenvalue weighted by Gasteiger charge is 2.16. The molecule has 2 aromatic heterocycles. The number of fused-ring (bicyclic) bond motifs is 3. The zero-order chi connectivity index (χ0) is 23.3. The first-order valence-corrected chi connectivity index (χ1v) is 12.6. The van der Waals surface area contributed by atoms with Crippen LogP contribution in [0.25, 0.3) is 22.1 Å².